The van der Waals surface area contributed by atoms with E-state index in [0.29, 0.717) is 4.90 Å². The van der Waals surface area contributed by atoms with Gasteiger partial charge in [-0.1, -0.05) is 0 Å². The Labute approximate surface area is 147 Å². The molecule has 0 aliphatic carbocycles. The summed E-state index contributed by atoms with van der Waals surface area (Å²) in [4.78, 5) is 34.9. The molecule has 1 aromatic carbocycles. The van der Waals surface area contributed by atoms with Crippen LogP contribution in [0.15, 0.2) is 24.3 Å². The van der Waals surface area contributed by atoms with Crippen LogP contribution in [0.4, 0.5) is 19.3 Å². The first kappa shape index (κ1) is 19.5. The van der Waals surface area contributed by atoms with Crippen LogP contribution in [0.2, 0.25) is 0 Å². The molecule has 142 valence electrons. The minimum atomic E-state index is -3.46. The molecule has 1 amide bonds. The Morgan fingerprint density at radius 3 is 2.23 bits per heavy atom. The van der Waals surface area contributed by atoms with Crippen molar-refractivity contribution in [1.82, 2.24) is 4.90 Å². The lowest BCUT2D eigenvalue weighted by Gasteiger charge is -2.35. The first-order valence-corrected chi connectivity index (χ1v) is 7.65. The summed E-state index contributed by atoms with van der Waals surface area (Å²) < 4.78 is 33.3. The number of alkyl halides is 2. The van der Waals surface area contributed by atoms with Crippen LogP contribution < -0.4 is 0 Å². The molecule has 1 saturated heterocycles. The lowest BCUT2D eigenvalue weighted by molar-refractivity contribution is -0.384. The summed E-state index contributed by atoms with van der Waals surface area (Å²) >= 11 is 0. The van der Waals surface area contributed by atoms with Crippen molar-refractivity contribution in [2.75, 3.05) is 6.54 Å². The van der Waals surface area contributed by atoms with E-state index in [1.165, 1.54) is 20.8 Å². The Morgan fingerprint density at radius 2 is 1.81 bits per heavy atom. The van der Waals surface area contributed by atoms with Crippen molar-refractivity contribution in [1.29, 1.82) is 0 Å². The minimum absolute atomic E-state index is 0.168. The Morgan fingerprint density at radius 1 is 1.27 bits per heavy atom. The zero-order valence-corrected chi connectivity index (χ0v) is 14.4. The number of nitrogens with zero attached hydrogens (tertiary/aromatic N) is 2. The van der Waals surface area contributed by atoms with Gasteiger partial charge in [0.2, 0.25) is 0 Å². The summed E-state index contributed by atoms with van der Waals surface area (Å²) in [5.74, 6) is -5.13. The fourth-order valence-corrected chi connectivity index (χ4v) is 2.86. The molecule has 26 heavy (non-hydrogen) atoms. The average molecular weight is 372 g/mol. The predicted octanol–water partition coefficient (Wildman–Crippen LogP) is 3.15. The molecule has 1 N–H and O–H groups in total. The number of hydrogen-bond donors (Lipinski definition) is 1. The Hall–Kier alpha value is -2.78. The summed E-state index contributed by atoms with van der Waals surface area (Å²) in [6.07, 6.45) is -2.36. The maximum atomic E-state index is 14.1. The third kappa shape index (κ3) is 3.58. The number of carbonyl (C=O) groups excluding carboxylic acids is 1. The van der Waals surface area contributed by atoms with E-state index in [1.807, 2.05) is 0 Å². The van der Waals surface area contributed by atoms with E-state index in [4.69, 9.17) is 4.74 Å². The van der Waals surface area contributed by atoms with Gasteiger partial charge in [-0.05, 0) is 38.5 Å². The number of carbonyl (C=O) groups is 2. The lowest BCUT2D eigenvalue weighted by atomic mass is 9.86. The van der Waals surface area contributed by atoms with E-state index in [-0.39, 0.29) is 11.3 Å². The molecule has 1 fully saturated rings. The maximum Gasteiger partial charge on any atom is 0.411 e. The number of aliphatic carboxylic acids is 1. The number of halogens is 2. The second kappa shape index (κ2) is 6.19. The highest BCUT2D eigenvalue weighted by molar-refractivity contribution is 5.87. The van der Waals surface area contributed by atoms with Crippen molar-refractivity contribution < 1.29 is 33.1 Å². The minimum Gasteiger partial charge on any atom is -0.479 e. The van der Waals surface area contributed by atoms with Gasteiger partial charge in [0.15, 0.2) is 5.54 Å². The molecular formula is C16H18F2N2O6. The summed E-state index contributed by atoms with van der Waals surface area (Å²) in [6.45, 7) is 3.43. The second-order valence-electron chi connectivity index (χ2n) is 7.07. The lowest BCUT2D eigenvalue weighted by Crippen LogP contribution is -2.52. The first-order chi connectivity index (χ1) is 11.8. The smallest absolute Gasteiger partial charge is 0.411 e. The van der Waals surface area contributed by atoms with E-state index in [0.717, 1.165) is 24.3 Å². The van der Waals surface area contributed by atoms with Crippen molar-refractivity contribution in [3.05, 3.63) is 39.9 Å². The van der Waals surface area contributed by atoms with Gasteiger partial charge < -0.3 is 9.84 Å². The van der Waals surface area contributed by atoms with Crippen molar-refractivity contribution in [3.63, 3.8) is 0 Å². The molecule has 0 spiro atoms. The second-order valence-corrected chi connectivity index (χ2v) is 7.07. The van der Waals surface area contributed by atoms with Crippen LogP contribution in [0, 0.1) is 10.1 Å². The zero-order chi connectivity index (χ0) is 19.9. The van der Waals surface area contributed by atoms with Crippen molar-refractivity contribution in [2.45, 2.75) is 44.3 Å². The molecule has 1 atom stereocenters. The summed E-state index contributed by atoms with van der Waals surface area (Å²) in [6, 6.07) is 4.13. The maximum absolute atomic E-state index is 14.1. The molecule has 8 nitrogen and oxygen atoms in total. The van der Waals surface area contributed by atoms with Crippen LogP contribution in [0.25, 0.3) is 0 Å². The zero-order valence-electron chi connectivity index (χ0n) is 14.4. The number of benzene rings is 1. The fourth-order valence-electron chi connectivity index (χ4n) is 2.86. The number of carboxylic acid groups (broad SMARTS) is 1. The predicted molar refractivity (Wildman–Crippen MR) is 84.9 cm³/mol. The van der Waals surface area contributed by atoms with Crippen molar-refractivity contribution in [3.8, 4) is 0 Å². The van der Waals surface area contributed by atoms with Crippen LogP contribution in [0.3, 0.4) is 0 Å². The summed E-state index contributed by atoms with van der Waals surface area (Å²) in [7, 11) is 0. The van der Waals surface area contributed by atoms with Crippen LogP contribution in [0.5, 0.6) is 0 Å². The molecule has 10 heteroatoms. The molecule has 0 radical (unpaired) electrons. The SMILES string of the molecule is CC(C)(C)OC(=O)N1CC(F)(F)CC1(C(=O)O)c1ccc([N+](=O)[O-])cc1. The topological polar surface area (TPSA) is 110 Å². The molecule has 1 unspecified atom stereocenters. The van der Waals surface area contributed by atoms with E-state index < -0.39 is 47.0 Å². The van der Waals surface area contributed by atoms with Gasteiger partial charge in [-0.25, -0.2) is 18.4 Å². The van der Waals surface area contributed by atoms with Gasteiger partial charge in [0, 0.05) is 12.1 Å². The van der Waals surface area contributed by atoms with Crippen LogP contribution in [0.1, 0.15) is 32.8 Å². The van der Waals surface area contributed by atoms with Crippen LogP contribution in [-0.4, -0.2) is 45.1 Å². The Kier molecular flexibility index (Phi) is 4.65. The van der Waals surface area contributed by atoms with E-state index >= 15 is 0 Å². The van der Waals surface area contributed by atoms with Crippen molar-refractivity contribution in [2.24, 2.45) is 0 Å². The average Bonchev–Trinajstić information content (AvgIpc) is 2.79. The number of non-ortho nitro benzene ring substituents is 1. The van der Waals surface area contributed by atoms with E-state index in [9.17, 15) is 33.6 Å². The van der Waals surface area contributed by atoms with Crippen LogP contribution in [-0.2, 0) is 15.1 Å². The van der Waals surface area contributed by atoms with E-state index in [1.54, 1.807) is 0 Å². The van der Waals surface area contributed by atoms with Gasteiger partial charge in [-0.2, -0.15) is 0 Å². The molecule has 1 aliphatic heterocycles. The molecule has 1 heterocycles. The van der Waals surface area contributed by atoms with Gasteiger partial charge >= 0.3 is 12.1 Å². The van der Waals surface area contributed by atoms with Gasteiger partial charge in [0.1, 0.15) is 5.60 Å². The Bertz CT molecular complexity index is 744. The molecule has 1 aliphatic rings. The molecule has 1 aromatic rings. The molecule has 0 bridgehead atoms. The fraction of sp³-hybridized carbons (Fsp3) is 0.500. The third-order valence-corrected chi connectivity index (χ3v) is 3.89. The molecular weight excluding hydrogens is 354 g/mol. The third-order valence-electron chi connectivity index (χ3n) is 3.89. The summed E-state index contributed by atoms with van der Waals surface area (Å²) in [5.41, 5.74) is -3.91. The van der Waals surface area contributed by atoms with Gasteiger partial charge in [-0.3, -0.25) is 15.0 Å². The van der Waals surface area contributed by atoms with Crippen LogP contribution >= 0.6 is 0 Å². The normalized spacial score (nSPS) is 22.1. The number of amides is 1. The van der Waals surface area contributed by atoms with Crippen molar-refractivity contribution >= 4 is 17.7 Å². The standard InChI is InChI=1S/C16H18F2N2O6/c1-14(2,3)26-13(23)19-9-15(17,18)8-16(19,12(21)22)10-4-6-11(7-5-10)20(24)25/h4-7H,8-9H2,1-3H3,(H,21,22). The number of nitro groups is 1. The van der Waals surface area contributed by atoms with E-state index in [2.05, 4.69) is 0 Å². The number of carboxylic acids is 1. The molecule has 0 saturated carbocycles. The highest BCUT2D eigenvalue weighted by atomic mass is 19.3. The molecule has 2 rings (SSSR count). The number of likely N-dealkylation sites (tertiary alicyclic amines) is 1. The summed E-state index contributed by atoms with van der Waals surface area (Å²) in [5, 5.41) is 20.5. The highest BCUT2D eigenvalue weighted by Crippen LogP contribution is 2.47. The first-order valence-electron chi connectivity index (χ1n) is 7.65. The largest absolute Gasteiger partial charge is 0.479 e. The molecule has 0 aromatic heterocycles. The Balaban J connectivity index is 2.56. The number of ether oxygens (including phenoxy) is 1. The quantitative estimate of drug-likeness (QED) is 0.645. The monoisotopic (exact) mass is 372 g/mol. The van der Waals surface area contributed by atoms with Gasteiger partial charge in [0.25, 0.3) is 11.6 Å². The highest BCUT2D eigenvalue weighted by Gasteiger charge is 2.63. The number of hydrogen-bond acceptors (Lipinski definition) is 5. The van der Waals surface area contributed by atoms with Gasteiger partial charge in [-0.15, -0.1) is 0 Å². The number of rotatable bonds is 3. The van der Waals surface area contributed by atoms with Gasteiger partial charge in [0.05, 0.1) is 17.9 Å². The number of nitro benzene ring substituents is 1.